The van der Waals surface area contributed by atoms with Gasteiger partial charge in [-0.2, -0.15) is 0 Å². The number of Topliss-reactive ketones (excluding diaryl/α,β-unsaturated/α-hetero) is 1. The summed E-state index contributed by atoms with van der Waals surface area (Å²) in [5.41, 5.74) is -3.65. The predicted molar refractivity (Wildman–Crippen MR) is 240 cm³/mol. The zero-order valence-electron chi connectivity index (χ0n) is 39.2. The Labute approximate surface area is 368 Å². The Balaban J connectivity index is 1.76. The molecule has 11 nitrogen and oxygen atoms in total. The second-order valence-corrected chi connectivity index (χ2v) is 31.0. The molecule has 339 valence electrons. The highest BCUT2D eigenvalue weighted by Crippen LogP contribution is 2.66. The van der Waals surface area contributed by atoms with Crippen molar-refractivity contribution in [2.75, 3.05) is 6.61 Å². The van der Waals surface area contributed by atoms with Crippen molar-refractivity contribution in [1.29, 1.82) is 0 Å². The summed E-state index contributed by atoms with van der Waals surface area (Å²) >= 11 is 0. The van der Waals surface area contributed by atoms with Crippen LogP contribution < -0.4 is 0 Å². The molecule has 4 fully saturated rings. The maximum absolute atomic E-state index is 16.6. The van der Waals surface area contributed by atoms with Gasteiger partial charge in [-0.3, -0.25) is 14.4 Å². The molecular formula is C47H73O11Si3. The molecule has 6 rings (SSSR count). The maximum Gasteiger partial charge on any atom is 0.338 e. The number of hydrogen-bond acceptors (Lipinski definition) is 11. The third-order valence-corrected chi connectivity index (χ3v) is 26.1. The fourth-order valence-electron chi connectivity index (χ4n) is 11.7. The van der Waals surface area contributed by atoms with Gasteiger partial charge in [0, 0.05) is 25.2 Å². The molecule has 61 heavy (non-hydrogen) atoms. The standard InChI is InChI=1S/C47H73O11Si3/c1-14-60(15-2,16-3)56-34-28-47(58-59(12)13)41(54-42(50)32-23-21-20-22-24-32)39-45(11,40(49)38(53-31(8)48)37(30(34)7)44(47,9)10)35(57-61(17-4,18-5)19-6)27-36-46(39,29-52-36)55-43(51)33-25-26-33/h20-24,33-36,38-39,41H,14-19,25-29H2,1-13H3/t34-,35-,36+,38+,39-,41-,45+,46-,47+/m0/s1. The number of carbonyl (C=O) groups is 4. The Morgan fingerprint density at radius 3 is 1.92 bits per heavy atom. The number of ether oxygens (including phenoxy) is 4. The summed E-state index contributed by atoms with van der Waals surface area (Å²) in [5.74, 6) is -3.18. The Morgan fingerprint density at radius 2 is 1.43 bits per heavy atom. The number of fused-ring (bicyclic) bond motifs is 5. The maximum atomic E-state index is 16.6. The first-order valence-corrected chi connectivity index (χ1v) is 30.6. The molecule has 1 aromatic rings. The SMILES string of the molecule is CC[Si](CC)(CC)O[C@H]1C[C@@]2(O[Si](C)C)[C@@H](OC(=O)c3ccccc3)[C@@H]3[C@]4(OC(=O)C5CC5)CO[C@@H]4C[C@H](O[Si](CC)(CC)CC)[C@@]3(C)C(=O)[C@H](OC(C)=O)C(=C1C)C2(C)C. The topological polar surface area (TPSA) is 133 Å². The Bertz CT molecular complexity index is 1820. The molecule has 0 unspecified atom stereocenters. The van der Waals surface area contributed by atoms with Gasteiger partial charge in [0.15, 0.2) is 34.1 Å². The van der Waals surface area contributed by atoms with Gasteiger partial charge in [-0.15, -0.1) is 0 Å². The van der Waals surface area contributed by atoms with Crippen LogP contribution in [0.1, 0.15) is 112 Å². The van der Waals surface area contributed by atoms with E-state index in [4.69, 9.17) is 32.2 Å². The molecule has 14 heteroatoms. The summed E-state index contributed by atoms with van der Waals surface area (Å²) in [4.78, 5) is 59.3. The van der Waals surface area contributed by atoms with E-state index in [2.05, 4.69) is 54.6 Å². The lowest BCUT2D eigenvalue weighted by atomic mass is 9.44. The lowest BCUT2D eigenvalue weighted by Gasteiger charge is -2.69. The molecule has 5 aliphatic rings. The molecule has 1 aromatic carbocycles. The van der Waals surface area contributed by atoms with E-state index in [1.54, 1.807) is 24.3 Å². The van der Waals surface area contributed by atoms with Crippen molar-refractivity contribution < 1.29 is 51.4 Å². The van der Waals surface area contributed by atoms with Crippen molar-refractivity contribution in [3.63, 3.8) is 0 Å². The average Bonchev–Trinajstić information content (AvgIpc) is 4.08. The highest BCUT2D eigenvalue weighted by molar-refractivity contribution is 6.74. The van der Waals surface area contributed by atoms with Gasteiger partial charge in [0.1, 0.15) is 17.8 Å². The monoisotopic (exact) mass is 897 g/mol. The largest absolute Gasteiger partial charge is 0.455 e. The van der Waals surface area contributed by atoms with Crippen molar-refractivity contribution in [1.82, 2.24) is 0 Å². The summed E-state index contributed by atoms with van der Waals surface area (Å²) < 4.78 is 49.5. The molecular weight excluding hydrogens is 825 g/mol. The van der Waals surface area contributed by atoms with E-state index in [1.165, 1.54) is 6.92 Å². The van der Waals surface area contributed by atoms with Crippen LogP contribution in [0.4, 0.5) is 0 Å². The van der Waals surface area contributed by atoms with E-state index in [0.717, 1.165) is 41.8 Å². The number of esters is 3. The molecule has 1 radical (unpaired) electrons. The first-order chi connectivity index (χ1) is 28.7. The van der Waals surface area contributed by atoms with Crippen molar-refractivity contribution in [2.24, 2.45) is 22.7 Å². The van der Waals surface area contributed by atoms with Crippen molar-refractivity contribution in [3.05, 3.63) is 47.0 Å². The Kier molecular flexibility index (Phi) is 14.0. The molecule has 0 N–H and O–H groups in total. The van der Waals surface area contributed by atoms with Crippen molar-refractivity contribution >= 4 is 49.4 Å². The summed E-state index contributed by atoms with van der Waals surface area (Å²) in [6, 6.07) is 14.0. The fraction of sp³-hybridized carbons (Fsp3) is 0.745. The fourth-order valence-corrected chi connectivity index (χ4v) is 18.7. The van der Waals surface area contributed by atoms with E-state index in [-0.39, 0.29) is 30.7 Å². The van der Waals surface area contributed by atoms with Crippen LogP contribution in [-0.4, -0.2) is 97.7 Å². The van der Waals surface area contributed by atoms with Gasteiger partial charge in [-0.05, 0) is 99.3 Å². The third kappa shape index (κ3) is 8.04. The van der Waals surface area contributed by atoms with E-state index >= 15 is 4.79 Å². The van der Waals surface area contributed by atoms with Crippen LogP contribution in [-0.2, 0) is 46.6 Å². The quantitative estimate of drug-likeness (QED) is 0.0641. The first kappa shape index (κ1) is 48.0. The van der Waals surface area contributed by atoms with Crippen LogP contribution in [0.25, 0.3) is 0 Å². The van der Waals surface area contributed by atoms with E-state index < -0.39 is 96.1 Å². The summed E-state index contributed by atoms with van der Waals surface area (Å²) in [7, 11) is -6.51. The molecule has 1 saturated heterocycles. The molecule has 1 aliphatic heterocycles. The number of benzene rings is 1. The lowest BCUT2D eigenvalue weighted by molar-refractivity contribution is -0.343. The van der Waals surface area contributed by atoms with Gasteiger partial charge in [0.05, 0.1) is 41.6 Å². The lowest BCUT2D eigenvalue weighted by Crippen LogP contribution is -2.83. The minimum Gasteiger partial charge on any atom is -0.455 e. The van der Waals surface area contributed by atoms with Gasteiger partial charge in [-0.25, -0.2) is 4.79 Å². The van der Waals surface area contributed by atoms with Gasteiger partial charge in [0.2, 0.25) is 9.04 Å². The molecule has 2 bridgehead atoms. The van der Waals surface area contributed by atoms with Crippen LogP contribution in [0.15, 0.2) is 41.5 Å². The van der Waals surface area contributed by atoms with Crippen LogP contribution in [0.3, 0.4) is 0 Å². The minimum atomic E-state index is -2.49. The number of hydrogen-bond donors (Lipinski definition) is 0. The number of rotatable bonds is 17. The second-order valence-electron chi connectivity index (χ2n) is 19.5. The zero-order valence-corrected chi connectivity index (χ0v) is 42.2. The first-order valence-electron chi connectivity index (χ1n) is 23.1. The van der Waals surface area contributed by atoms with Gasteiger partial charge < -0.3 is 32.2 Å². The van der Waals surface area contributed by atoms with Gasteiger partial charge in [0.25, 0.3) is 0 Å². The smallest absolute Gasteiger partial charge is 0.338 e. The highest BCUT2D eigenvalue weighted by atomic mass is 28.4. The molecule has 9 atom stereocenters. The highest BCUT2D eigenvalue weighted by Gasteiger charge is 2.79. The molecule has 0 aromatic heterocycles. The Morgan fingerprint density at radius 1 is 0.852 bits per heavy atom. The molecule has 3 saturated carbocycles. The number of ketones is 1. The predicted octanol–water partition coefficient (Wildman–Crippen LogP) is 9.38. The van der Waals surface area contributed by atoms with E-state index in [9.17, 15) is 14.4 Å². The normalized spacial score (nSPS) is 33.4. The second kappa shape index (κ2) is 17.8. The molecule has 4 aliphatic carbocycles. The van der Waals surface area contributed by atoms with Crippen LogP contribution >= 0.6 is 0 Å². The summed E-state index contributed by atoms with van der Waals surface area (Å²) in [5, 5.41) is 0. The van der Waals surface area contributed by atoms with Crippen LogP contribution in [0.5, 0.6) is 0 Å². The van der Waals surface area contributed by atoms with E-state index in [1.807, 2.05) is 33.8 Å². The average molecular weight is 898 g/mol. The van der Waals surface area contributed by atoms with Gasteiger partial charge in [-0.1, -0.05) is 73.6 Å². The van der Waals surface area contributed by atoms with Crippen LogP contribution in [0.2, 0.25) is 49.4 Å². The third-order valence-electron chi connectivity index (χ3n) is 16.0. The zero-order chi connectivity index (χ0) is 44.9. The van der Waals surface area contributed by atoms with Crippen LogP contribution in [0, 0.1) is 22.7 Å². The summed E-state index contributed by atoms with van der Waals surface area (Å²) in [6.07, 6.45) is -2.53. The molecule has 1 heterocycles. The Hall–Kier alpha value is -2.47. The van der Waals surface area contributed by atoms with Crippen molar-refractivity contribution in [2.45, 2.75) is 193 Å². The summed E-state index contributed by atoms with van der Waals surface area (Å²) in [6.45, 7) is 26.4. The number of carbonyl (C=O) groups excluding carboxylic acids is 4. The molecule has 0 spiro atoms. The molecule has 0 amide bonds. The minimum absolute atomic E-state index is 0.00232. The van der Waals surface area contributed by atoms with Crippen molar-refractivity contribution in [3.8, 4) is 0 Å². The van der Waals surface area contributed by atoms with Gasteiger partial charge >= 0.3 is 17.9 Å². The van der Waals surface area contributed by atoms with E-state index in [0.29, 0.717) is 30.4 Å².